The normalized spacial score (nSPS) is 13.6. The maximum atomic E-state index is 14.9. The lowest BCUT2D eigenvalue weighted by Crippen LogP contribution is -2.27. The van der Waals surface area contributed by atoms with Crippen LogP contribution in [0.25, 0.3) is 21.9 Å². The zero-order chi connectivity index (χ0) is 80.7. The number of halogens is 3. The summed E-state index contributed by atoms with van der Waals surface area (Å²) in [5, 5.41) is 24.5. The number of aromatic nitrogens is 9. The molecule has 0 aliphatic heterocycles. The summed E-state index contributed by atoms with van der Waals surface area (Å²) < 4.78 is 67.8. The Morgan fingerprint density at radius 2 is 0.765 bits per heavy atom. The van der Waals surface area contributed by atoms with Crippen LogP contribution < -0.4 is 44.2 Å². The van der Waals surface area contributed by atoms with Crippen molar-refractivity contribution in [2.24, 2.45) is 40.7 Å². The molecule has 592 valence electrons. The lowest BCUT2D eigenvalue weighted by atomic mass is 10.0. The van der Waals surface area contributed by atoms with Gasteiger partial charge in [0, 0.05) is 93.1 Å². The van der Waals surface area contributed by atoms with Crippen LogP contribution in [0.5, 0.6) is 0 Å². The van der Waals surface area contributed by atoms with Gasteiger partial charge in [-0.15, -0.1) is 0 Å². The molecule has 0 bridgehead atoms. The third kappa shape index (κ3) is 22.8. The number of hydrogen-bond acceptors (Lipinski definition) is 17. The monoisotopic (exact) mass is 1550 g/mol. The third-order valence-corrected chi connectivity index (χ3v) is 19.0. The maximum absolute atomic E-state index is 14.9. The van der Waals surface area contributed by atoms with Gasteiger partial charge in [0.1, 0.15) is 52.8 Å². The van der Waals surface area contributed by atoms with Crippen LogP contribution in [0.2, 0.25) is 0 Å². The number of nitrogens with two attached hydrogens (primary N) is 4. The average molecular weight is 1560 g/mol. The molecule has 15 rings (SSSR count). The number of ether oxygens (including phenoxy) is 3. The molecule has 3 amide bonds. The zero-order valence-corrected chi connectivity index (χ0v) is 64.2. The second-order valence-corrected chi connectivity index (χ2v) is 28.4. The molecule has 3 unspecified atom stereocenters. The van der Waals surface area contributed by atoms with E-state index in [2.05, 4.69) is 56.4 Å². The van der Waals surface area contributed by atoms with Crippen molar-refractivity contribution in [3.8, 4) is 17.1 Å². The number of hydrogen-bond donors (Lipinski definition) is 8. The van der Waals surface area contributed by atoms with Crippen molar-refractivity contribution in [3.05, 3.63) is 327 Å². The molecular weight excluding hydrogens is 1460 g/mol. The summed E-state index contributed by atoms with van der Waals surface area (Å²) in [7, 11) is 0. The highest BCUT2D eigenvalue weighted by molar-refractivity contribution is 6.05. The molecule has 0 spiro atoms. The van der Waals surface area contributed by atoms with Gasteiger partial charge in [-0.1, -0.05) is 72.8 Å². The molecule has 27 heteroatoms. The van der Waals surface area contributed by atoms with Gasteiger partial charge in [-0.25, -0.2) is 32.1 Å². The number of nitrogens with zero attached hydrogens (tertiary/aromatic N) is 10. The Bertz CT molecular complexity index is 5090. The van der Waals surface area contributed by atoms with Gasteiger partial charge in [0.25, 0.3) is 17.7 Å². The van der Waals surface area contributed by atoms with E-state index in [9.17, 15) is 27.6 Å². The Hall–Kier alpha value is -12.2. The van der Waals surface area contributed by atoms with E-state index < -0.39 is 53.5 Å². The predicted molar refractivity (Wildman–Crippen MR) is 435 cm³/mol. The second kappa shape index (κ2) is 40.0. The van der Waals surface area contributed by atoms with Crippen molar-refractivity contribution in [1.82, 2.24) is 49.6 Å². The van der Waals surface area contributed by atoms with Gasteiger partial charge in [-0.2, -0.15) is 15.3 Å². The van der Waals surface area contributed by atoms with Gasteiger partial charge < -0.3 is 58.4 Å². The number of carbonyl (C=O) groups is 3. The SMILES string of the molecule is Cc1cc(C(=O)Nc2cc(C(OCC3CC3)c3cccnc3)ccc2F)n(-c2cccc(CN)c2)n1.Cc1cc(C(=O)Nc2cc(C(OCC3CC3)c3cccnc3)ccc2F)n(-c2cccc(CN)c2)n1.NCCNCCN.[C-]#[N+]c1cccc(-n2nc(C)cc2C(=O)Nc2cc(C(OCC3CC3)c3cccnc3)ccc2F)c1. The molecule has 3 atom stereocenters. The lowest BCUT2D eigenvalue weighted by Gasteiger charge is -2.20. The van der Waals surface area contributed by atoms with Crippen LogP contribution in [-0.2, 0) is 27.3 Å². The first kappa shape index (κ1) is 82.2. The minimum atomic E-state index is -0.558. The van der Waals surface area contributed by atoms with Crippen LogP contribution in [-0.4, -0.2) is 108 Å². The highest BCUT2D eigenvalue weighted by Crippen LogP contribution is 2.38. The van der Waals surface area contributed by atoms with Crippen molar-refractivity contribution >= 4 is 40.5 Å². The number of benzene rings is 6. The lowest BCUT2D eigenvalue weighted by molar-refractivity contribution is 0.0715. The minimum Gasteiger partial charge on any atom is -0.368 e. The number of nitrogens with one attached hydrogen (secondary N) is 4. The number of rotatable bonds is 30. The third-order valence-electron chi connectivity index (χ3n) is 19.0. The van der Waals surface area contributed by atoms with E-state index in [4.69, 9.17) is 43.7 Å². The molecule has 0 radical (unpaired) electrons. The van der Waals surface area contributed by atoms with Crippen molar-refractivity contribution in [1.29, 1.82) is 0 Å². The van der Waals surface area contributed by atoms with E-state index in [1.165, 1.54) is 22.9 Å². The van der Waals surface area contributed by atoms with Crippen molar-refractivity contribution < 1.29 is 41.8 Å². The molecule has 0 saturated heterocycles. The summed E-state index contributed by atoms with van der Waals surface area (Å²) in [6.45, 7) is 18.4. The van der Waals surface area contributed by atoms with Crippen LogP contribution in [0, 0.1) is 62.5 Å². The van der Waals surface area contributed by atoms with E-state index in [0.29, 0.717) is 115 Å². The topological polar surface area (TPSA) is 328 Å². The molecule has 6 aromatic carbocycles. The van der Waals surface area contributed by atoms with Gasteiger partial charge in [0.2, 0.25) is 0 Å². The Morgan fingerprint density at radius 1 is 0.435 bits per heavy atom. The molecule has 6 aromatic heterocycles. The molecular formula is C88H93F3N18O6. The van der Waals surface area contributed by atoms with Crippen molar-refractivity contribution in [2.75, 3.05) is 62.0 Å². The molecule has 3 aliphatic carbocycles. The van der Waals surface area contributed by atoms with E-state index in [-0.39, 0.29) is 22.8 Å². The first-order valence-corrected chi connectivity index (χ1v) is 38.2. The van der Waals surface area contributed by atoms with Gasteiger partial charge >= 0.3 is 0 Å². The summed E-state index contributed by atoms with van der Waals surface area (Å²) in [6, 6.07) is 52.0. The highest BCUT2D eigenvalue weighted by atomic mass is 19.1. The van der Waals surface area contributed by atoms with Crippen LogP contribution in [0.15, 0.2) is 219 Å². The fraction of sp³-hybridized carbons (Fsp3) is 0.273. The summed E-state index contributed by atoms with van der Waals surface area (Å²) in [5.74, 6) is -1.42. The average Bonchev–Trinajstić information content (AvgIpc) is 1.60. The summed E-state index contributed by atoms with van der Waals surface area (Å²) in [5.41, 5.74) is 33.9. The standard InChI is InChI=1S/C28H24FN5O2.2C28H28FN5O2.C4H13N3/c1-18-13-26(34(33-18)23-7-3-6-22(15-23)30-2)28(35)32-25-14-20(10-11-24(25)29)27(36-17-19-8-9-19)21-5-4-12-31-16-21;2*1-18-12-26(34(33-18)23-6-2-4-20(13-23)15-30)28(35)32-25-14-21(9-10-24(25)29)27(36-17-19-7-8-19)22-5-3-11-31-16-22;5-1-3-7-4-2-6/h3-7,10-16,19,27H,8-9,17H2,1H3,(H,32,35);2*2-6,9-14,16,19,27H,7-8,15,17,30H2,1H3,(H,32,35);7H,1-6H2. The maximum Gasteiger partial charge on any atom is 0.274 e. The predicted octanol–water partition coefficient (Wildman–Crippen LogP) is 14.4. The van der Waals surface area contributed by atoms with E-state index in [1.54, 1.807) is 146 Å². The first-order valence-electron chi connectivity index (χ1n) is 38.2. The Balaban J connectivity index is 0.000000153. The fourth-order valence-electron chi connectivity index (χ4n) is 12.5. The molecule has 6 heterocycles. The van der Waals surface area contributed by atoms with Gasteiger partial charge in [0.15, 0.2) is 5.69 Å². The molecule has 115 heavy (non-hydrogen) atoms. The Kier molecular flexibility index (Phi) is 28.6. The van der Waals surface area contributed by atoms with Crippen LogP contribution >= 0.6 is 0 Å². The van der Waals surface area contributed by atoms with Crippen molar-refractivity contribution in [3.63, 3.8) is 0 Å². The minimum absolute atomic E-state index is 0.0433. The van der Waals surface area contributed by atoms with Gasteiger partial charge in [0.05, 0.1) is 77.6 Å². The number of amides is 3. The molecule has 3 fully saturated rings. The molecule has 24 nitrogen and oxygen atoms in total. The number of pyridine rings is 3. The Labute approximate surface area is 665 Å². The second-order valence-electron chi connectivity index (χ2n) is 28.4. The largest absolute Gasteiger partial charge is 0.368 e. The van der Waals surface area contributed by atoms with Crippen LogP contribution in [0.3, 0.4) is 0 Å². The summed E-state index contributed by atoms with van der Waals surface area (Å²) in [6.07, 6.45) is 16.0. The Morgan fingerprint density at radius 3 is 1.06 bits per heavy atom. The number of aryl methyl sites for hydroxylation is 3. The van der Waals surface area contributed by atoms with Crippen molar-refractivity contribution in [2.45, 2.75) is 90.7 Å². The molecule has 3 saturated carbocycles. The summed E-state index contributed by atoms with van der Waals surface area (Å²) in [4.78, 5) is 55.9. The van der Waals surface area contributed by atoms with E-state index >= 15 is 0 Å². The summed E-state index contributed by atoms with van der Waals surface area (Å²) >= 11 is 0. The first-order chi connectivity index (χ1) is 56.0. The van der Waals surface area contributed by atoms with Gasteiger partial charge in [-0.3, -0.25) is 29.3 Å². The quantitative estimate of drug-likeness (QED) is 0.0153. The number of carbonyl (C=O) groups excluding carboxylic acids is 3. The van der Waals surface area contributed by atoms with Crippen LogP contribution in [0.1, 0.15) is 150 Å². The number of anilines is 3. The van der Waals surface area contributed by atoms with Gasteiger partial charge in [-0.05, 0) is 214 Å². The highest BCUT2D eigenvalue weighted by Gasteiger charge is 2.30. The van der Waals surface area contributed by atoms with Crippen LogP contribution in [0.4, 0.5) is 35.9 Å². The fourth-order valence-corrected chi connectivity index (χ4v) is 12.5. The van der Waals surface area contributed by atoms with E-state index in [0.717, 1.165) is 96.1 Å². The van der Waals surface area contributed by atoms with E-state index in [1.807, 2.05) is 84.9 Å². The zero-order valence-electron chi connectivity index (χ0n) is 64.2. The molecule has 12 aromatic rings. The molecule has 3 aliphatic rings. The smallest absolute Gasteiger partial charge is 0.274 e. The molecule has 12 N–H and O–H groups in total.